The minimum atomic E-state index is -1.12. The van der Waals surface area contributed by atoms with Gasteiger partial charge in [-0.25, -0.2) is 8.78 Å². The summed E-state index contributed by atoms with van der Waals surface area (Å²) in [5.41, 5.74) is 4.19. The van der Waals surface area contributed by atoms with Crippen molar-refractivity contribution in [2.24, 2.45) is 0 Å². The Kier molecular flexibility index (Phi) is 3.24. The van der Waals surface area contributed by atoms with E-state index >= 15 is 0 Å². The van der Waals surface area contributed by atoms with E-state index in [2.05, 4.69) is 0 Å². The van der Waals surface area contributed by atoms with Crippen molar-refractivity contribution in [1.29, 1.82) is 0 Å². The molecular weight excluding hydrogens is 240 g/mol. The van der Waals surface area contributed by atoms with Gasteiger partial charge in [0.2, 0.25) is 0 Å². The molecular formula is C13H15F2NO2. The number of aliphatic carboxylic acids is 1. The van der Waals surface area contributed by atoms with Crippen LogP contribution in [0.25, 0.3) is 0 Å². The number of carboxylic acid groups (broad SMARTS) is 1. The van der Waals surface area contributed by atoms with Crippen LogP contribution in [0.4, 0.5) is 14.5 Å². The number of benzene rings is 1. The van der Waals surface area contributed by atoms with Crippen molar-refractivity contribution in [3.8, 4) is 0 Å². The summed E-state index contributed by atoms with van der Waals surface area (Å²) in [6, 6.07) is 2.21. The highest BCUT2D eigenvalue weighted by Gasteiger charge is 2.42. The van der Waals surface area contributed by atoms with E-state index in [0.29, 0.717) is 12.8 Å². The molecule has 3 nitrogen and oxygen atoms in total. The minimum absolute atomic E-state index is 0.270. The second kappa shape index (κ2) is 4.55. The quantitative estimate of drug-likeness (QED) is 0.799. The molecule has 1 aliphatic carbocycles. The lowest BCUT2D eigenvalue weighted by atomic mass is 9.69. The molecule has 1 saturated carbocycles. The number of carboxylic acids is 1. The third kappa shape index (κ3) is 1.94. The monoisotopic (exact) mass is 255 g/mol. The van der Waals surface area contributed by atoms with E-state index in [4.69, 9.17) is 5.73 Å². The molecule has 0 radical (unpaired) electrons. The standard InChI is InChI=1S/C13H15F2NO2/c14-9-6-8(7-10(16)11(9)15)13(12(17)18)4-2-1-3-5-13/h6-7H,1-5,16H2,(H,17,18). The average Bonchev–Trinajstić information content (AvgIpc) is 2.36. The average molecular weight is 255 g/mol. The summed E-state index contributed by atoms with van der Waals surface area (Å²) in [5.74, 6) is -3.20. The van der Waals surface area contributed by atoms with Gasteiger partial charge in [0, 0.05) is 0 Å². The number of halogens is 2. The number of hydrogen-bond donors (Lipinski definition) is 2. The number of anilines is 1. The topological polar surface area (TPSA) is 63.3 Å². The first-order chi connectivity index (χ1) is 8.47. The summed E-state index contributed by atoms with van der Waals surface area (Å²) in [6.07, 6.45) is 3.38. The van der Waals surface area contributed by atoms with Crippen molar-refractivity contribution >= 4 is 11.7 Å². The molecule has 0 spiro atoms. The first kappa shape index (κ1) is 12.8. The van der Waals surface area contributed by atoms with Crippen LogP contribution in [-0.4, -0.2) is 11.1 Å². The number of nitrogens with two attached hydrogens (primary N) is 1. The maximum Gasteiger partial charge on any atom is 0.314 e. The Morgan fingerprint density at radius 2 is 1.83 bits per heavy atom. The molecule has 0 heterocycles. The zero-order valence-electron chi connectivity index (χ0n) is 9.88. The number of nitrogen functional groups attached to an aromatic ring is 1. The predicted octanol–water partition coefficient (Wildman–Crippen LogP) is 2.83. The third-order valence-electron chi connectivity index (χ3n) is 3.73. The lowest BCUT2D eigenvalue weighted by molar-refractivity contribution is -0.145. The molecule has 3 N–H and O–H groups in total. The van der Waals surface area contributed by atoms with E-state index in [1.807, 2.05) is 0 Å². The Labute approximate surface area is 104 Å². The fourth-order valence-electron chi connectivity index (χ4n) is 2.67. The van der Waals surface area contributed by atoms with E-state index in [1.54, 1.807) is 0 Å². The molecule has 0 amide bonds. The van der Waals surface area contributed by atoms with Crippen LogP contribution in [0.15, 0.2) is 12.1 Å². The van der Waals surface area contributed by atoms with Gasteiger partial charge in [-0.1, -0.05) is 19.3 Å². The molecule has 0 bridgehead atoms. The minimum Gasteiger partial charge on any atom is -0.481 e. The molecule has 0 unspecified atom stereocenters. The van der Waals surface area contributed by atoms with Crippen LogP contribution in [0.5, 0.6) is 0 Å². The Bertz CT molecular complexity index is 459. The van der Waals surface area contributed by atoms with E-state index in [0.717, 1.165) is 25.3 Å². The van der Waals surface area contributed by atoms with Gasteiger partial charge in [-0.15, -0.1) is 0 Å². The summed E-state index contributed by atoms with van der Waals surface area (Å²) in [5, 5.41) is 9.44. The maximum atomic E-state index is 13.4. The van der Waals surface area contributed by atoms with Gasteiger partial charge in [0.1, 0.15) is 0 Å². The Balaban J connectivity index is 2.52. The van der Waals surface area contributed by atoms with Gasteiger partial charge in [-0.05, 0) is 30.5 Å². The molecule has 0 saturated heterocycles. The van der Waals surface area contributed by atoms with E-state index in [-0.39, 0.29) is 11.3 Å². The molecule has 1 aliphatic rings. The van der Waals surface area contributed by atoms with Crippen LogP contribution in [0.2, 0.25) is 0 Å². The highest BCUT2D eigenvalue weighted by molar-refractivity contribution is 5.82. The van der Waals surface area contributed by atoms with Crippen LogP contribution in [0.1, 0.15) is 37.7 Å². The molecule has 0 atom stereocenters. The molecule has 1 aromatic carbocycles. The first-order valence-corrected chi connectivity index (χ1v) is 5.96. The normalized spacial score (nSPS) is 18.6. The second-order valence-corrected chi connectivity index (χ2v) is 4.81. The lowest BCUT2D eigenvalue weighted by Crippen LogP contribution is -2.38. The van der Waals surface area contributed by atoms with E-state index < -0.39 is 23.0 Å². The first-order valence-electron chi connectivity index (χ1n) is 5.96. The summed E-state index contributed by atoms with van der Waals surface area (Å²) < 4.78 is 26.5. The fraction of sp³-hybridized carbons (Fsp3) is 0.462. The lowest BCUT2D eigenvalue weighted by Gasteiger charge is -2.33. The van der Waals surface area contributed by atoms with Crippen LogP contribution in [0.3, 0.4) is 0 Å². The van der Waals surface area contributed by atoms with Crippen molar-refractivity contribution in [2.45, 2.75) is 37.5 Å². The fourth-order valence-corrected chi connectivity index (χ4v) is 2.67. The van der Waals surface area contributed by atoms with Crippen molar-refractivity contribution in [3.05, 3.63) is 29.3 Å². The zero-order valence-corrected chi connectivity index (χ0v) is 9.88. The van der Waals surface area contributed by atoms with Gasteiger partial charge >= 0.3 is 5.97 Å². The molecule has 98 valence electrons. The number of carbonyl (C=O) groups is 1. The predicted molar refractivity (Wildman–Crippen MR) is 63.2 cm³/mol. The summed E-state index contributed by atoms with van der Waals surface area (Å²) >= 11 is 0. The highest BCUT2D eigenvalue weighted by Crippen LogP contribution is 2.41. The molecule has 5 heteroatoms. The molecule has 18 heavy (non-hydrogen) atoms. The zero-order chi connectivity index (χ0) is 13.3. The molecule has 0 aliphatic heterocycles. The molecule has 1 aromatic rings. The molecule has 0 aromatic heterocycles. The van der Waals surface area contributed by atoms with Crippen LogP contribution in [-0.2, 0) is 10.2 Å². The third-order valence-corrected chi connectivity index (χ3v) is 3.73. The van der Waals surface area contributed by atoms with E-state index in [9.17, 15) is 18.7 Å². The van der Waals surface area contributed by atoms with Gasteiger partial charge in [0.05, 0.1) is 11.1 Å². The van der Waals surface area contributed by atoms with Crippen molar-refractivity contribution in [2.75, 3.05) is 5.73 Å². The van der Waals surface area contributed by atoms with Crippen molar-refractivity contribution in [1.82, 2.24) is 0 Å². The smallest absolute Gasteiger partial charge is 0.314 e. The van der Waals surface area contributed by atoms with Gasteiger partial charge in [0.25, 0.3) is 0 Å². The largest absolute Gasteiger partial charge is 0.481 e. The Morgan fingerprint density at radius 1 is 1.22 bits per heavy atom. The molecule has 2 rings (SSSR count). The summed E-state index contributed by atoms with van der Waals surface area (Å²) in [6.45, 7) is 0. The van der Waals surface area contributed by atoms with Crippen molar-refractivity contribution in [3.63, 3.8) is 0 Å². The Hall–Kier alpha value is -1.65. The Morgan fingerprint density at radius 3 is 2.33 bits per heavy atom. The van der Waals surface area contributed by atoms with E-state index in [1.165, 1.54) is 6.07 Å². The van der Waals surface area contributed by atoms with Crippen molar-refractivity contribution < 1.29 is 18.7 Å². The molecule has 1 fully saturated rings. The van der Waals surface area contributed by atoms with Crippen LogP contribution in [0, 0.1) is 11.6 Å². The number of rotatable bonds is 2. The van der Waals surface area contributed by atoms with Gasteiger partial charge in [-0.3, -0.25) is 4.79 Å². The maximum absolute atomic E-state index is 13.4. The summed E-state index contributed by atoms with van der Waals surface area (Å²) in [7, 11) is 0. The van der Waals surface area contributed by atoms with Gasteiger partial charge < -0.3 is 10.8 Å². The SMILES string of the molecule is Nc1cc(C2(C(=O)O)CCCCC2)cc(F)c1F. The van der Waals surface area contributed by atoms with Gasteiger partial charge in [-0.2, -0.15) is 0 Å². The second-order valence-electron chi connectivity index (χ2n) is 4.81. The summed E-state index contributed by atoms with van der Waals surface area (Å²) in [4.78, 5) is 11.5. The van der Waals surface area contributed by atoms with Gasteiger partial charge in [0.15, 0.2) is 11.6 Å². The number of hydrogen-bond acceptors (Lipinski definition) is 2. The highest BCUT2D eigenvalue weighted by atomic mass is 19.2. The van der Waals surface area contributed by atoms with Crippen LogP contribution < -0.4 is 5.73 Å². The van der Waals surface area contributed by atoms with Crippen LogP contribution >= 0.6 is 0 Å².